The van der Waals surface area contributed by atoms with Gasteiger partial charge in [0, 0.05) is 17.4 Å². The number of hydrogen-bond acceptors (Lipinski definition) is 4. The molecular formula is C25H18N2O2. The van der Waals surface area contributed by atoms with Crippen LogP contribution < -0.4 is 4.74 Å². The molecule has 0 saturated carbocycles. The van der Waals surface area contributed by atoms with Gasteiger partial charge in [-0.05, 0) is 42.0 Å². The number of carbonyl (C=O) groups is 1. The third-order valence-corrected chi connectivity index (χ3v) is 4.65. The number of aromatic nitrogens is 1. The number of ether oxygens (including phenoxy) is 1. The van der Waals surface area contributed by atoms with Crippen LogP contribution in [0.1, 0.15) is 27.2 Å². The van der Waals surface area contributed by atoms with E-state index in [4.69, 9.17) is 10.00 Å². The highest BCUT2D eigenvalue weighted by Crippen LogP contribution is 2.18. The molecule has 0 radical (unpaired) electrons. The van der Waals surface area contributed by atoms with E-state index in [0.717, 1.165) is 22.2 Å². The molecule has 0 aliphatic carbocycles. The first-order chi connectivity index (χ1) is 14.2. The Bertz CT molecular complexity index is 1210. The molecule has 0 unspecified atom stereocenters. The zero-order valence-corrected chi connectivity index (χ0v) is 15.7. The summed E-state index contributed by atoms with van der Waals surface area (Å²) in [5.41, 5.74) is 3.82. The fourth-order valence-corrected chi connectivity index (χ4v) is 3.09. The van der Waals surface area contributed by atoms with Gasteiger partial charge in [-0.25, -0.2) is 4.98 Å². The molecule has 0 aliphatic heterocycles. The average molecular weight is 378 g/mol. The van der Waals surface area contributed by atoms with Crippen molar-refractivity contribution in [2.24, 2.45) is 0 Å². The molecule has 0 aliphatic rings. The monoisotopic (exact) mass is 378 g/mol. The summed E-state index contributed by atoms with van der Waals surface area (Å²) in [5.74, 6) is 0.634. The van der Waals surface area contributed by atoms with Gasteiger partial charge in [-0.15, -0.1) is 0 Å². The lowest BCUT2D eigenvalue weighted by atomic mass is 10.0. The van der Waals surface area contributed by atoms with Gasteiger partial charge in [0.15, 0.2) is 5.78 Å². The number of benzene rings is 3. The Labute approximate surface area is 169 Å². The maximum absolute atomic E-state index is 12.6. The summed E-state index contributed by atoms with van der Waals surface area (Å²) in [4.78, 5) is 17.2. The number of pyridine rings is 1. The SMILES string of the molecule is N#Cc1ccc(CC(=O)c2cccc(OCc3ccc4ccccc4n3)c2)cc1. The molecule has 29 heavy (non-hydrogen) atoms. The zero-order chi connectivity index (χ0) is 20.1. The van der Waals surface area contributed by atoms with Crippen LogP contribution in [0.15, 0.2) is 84.9 Å². The minimum Gasteiger partial charge on any atom is -0.487 e. The van der Waals surface area contributed by atoms with Gasteiger partial charge in [0.05, 0.1) is 22.8 Å². The van der Waals surface area contributed by atoms with E-state index in [9.17, 15) is 4.79 Å². The summed E-state index contributed by atoms with van der Waals surface area (Å²) in [7, 11) is 0. The second kappa shape index (κ2) is 8.37. The van der Waals surface area contributed by atoms with Gasteiger partial charge in [-0.3, -0.25) is 4.79 Å². The van der Waals surface area contributed by atoms with Crippen LogP contribution in [0.4, 0.5) is 0 Å². The van der Waals surface area contributed by atoms with E-state index in [1.54, 1.807) is 24.3 Å². The van der Waals surface area contributed by atoms with Crippen molar-refractivity contribution in [1.29, 1.82) is 5.26 Å². The first-order valence-electron chi connectivity index (χ1n) is 9.31. The lowest BCUT2D eigenvalue weighted by Gasteiger charge is -2.08. The highest BCUT2D eigenvalue weighted by Gasteiger charge is 2.09. The highest BCUT2D eigenvalue weighted by molar-refractivity contribution is 5.97. The van der Waals surface area contributed by atoms with Gasteiger partial charge < -0.3 is 4.74 Å². The first kappa shape index (κ1) is 18.4. The Kier molecular flexibility index (Phi) is 5.31. The third-order valence-electron chi connectivity index (χ3n) is 4.65. The van der Waals surface area contributed by atoms with Crippen LogP contribution in [0.3, 0.4) is 0 Å². The molecule has 1 aromatic heterocycles. The first-order valence-corrected chi connectivity index (χ1v) is 9.31. The highest BCUT2D eigenvalue weighted by atomic mass is 16.5. The van der Waals surface area contributed by atoms with E-state index in [2.05, 4.69) is 11.1 Å². The van der Waals surface area contributed by atoms with E-state index >= 15 is 0 Å². The number of Topliss-reactive ketones (excluding diaryl/α,β-unsaturated/α-hetero) is 1. The lowest BCUT2D eigenvalue weighted by molar-refractivity contribution is 0.0992. The molecule has 0 N–H and O–H groups in total. The molecule has 4 aromatic rings. The number of carbonyl (C=O) groups excluding carboxylic acids is 1. The van der Waals surface area contributed by atoms with E-state index in [1.165, 1.54) is 0 Å². The van der Waals surface area contributed by atoms with E-state index in [1.807, 2.05) is 60.7 Å². The molecule has 4 nitrogen and oxygen atoms in total. The van der Waals surface area contributed by atoms with Gasteiger partial charge in [0.25, 0.3) is 0 Å². The minimum atomic E-state index is 0.00369. The Balaban J connectivity index is 1.43. The van der Waals surface area contributed by atoms with E-state index in [-0.39, 0.29) is 12.2 Å². The van der Waals surface area contributed by atoms with Crippen molar-refractivity contribution in [2.45, 2.75) is 13.0 Å². The van der Waals surface area contributed by atoms with Crippen LogP contribution >= 0.6 is 0 Å². The molecule has 4 rings (SSSR count). The normalized spacial score (nSPS) is 10.4. The molecule has 0 bridgehead atoms. The Morgan fingerprint density at radius 1 is 0.931 bits per heavy atom. The number of hydrogen-bond donors (Lipinski definition) is 0. The molecule has 0 spiro atoms. The van der Waals surface area contributed by atoms with Crippen LogP contribution in [0, 0.1) is 11.3 Å². The van der Waals surface area contributed by atoms with Gasteiger partial charge in [-0.2, -0.15) is 5.26 Å². The van der Waals surface area contributed by atoms with Gasteiger partial charge in [-0.1, -0.05) is 48.5 Å². The van der Waals surface area contributed by atoms with Crippen molar-refractivity contribution in [3.05, 3.63) is 107 Å². The van der Waals surface area contributed by atoms with E-state index in [0.29, 0.717) is 23.5 Å². The lowest BCUT2D eigenvalue weighted by Crippen LogP contribution is -2.04. The van der Waals surface area contributed by atoms with Crippen LogP contribution in [0.25, 0.3) is 10.9 Å². The molecule has 0 fully saturated rings. The van der Waals surface area contributed by atoms with Gasteiger partial charge in [0.2, 0.25) is 0 Å². The zero-order valence-electron chi connectivity index (χ0n) is 15.7. The molecule has 1 heterocycles. The van der Waals surface area contributed by atoms with Crippen LogP contribution in [0.2, 0.25) is 0 Å². The van der Waals surface area contributed by atoms with Crippen molar-refractivity contribution >= 4 is 16.7 Å². The van der Waals surface area contributed by atoms with Gasteiger partial charge >= 0.3 is 0 Å². The molecular weight excluding hydrogens is 360 g/mol. The summed E-state index contributed by atoms with van der Waals surface area (Å²) < 4.78 is 5.86. The predicted molar refractivity (Wildman–Crippen MR) is 112 cm³/mol. The third kappa shape index (κ3) is 4.48. The van der Waals surface area contributed by atoms with Crippen LogP contribution in [0.5, 0.6) is 5.75 Å². The predicted octanol–water partition coefficient (Wildman–Crippen LogP) is 5.11. The number of rotatable bonds is 6. The second-order valence-electron chi connectivity index (χ2n) is 6.72. The standard InChI is InChI=1S/C25H18N2O2/c26-16-19-10-8-18(9-11-19)14-25(28)21-5-3-6-23(15-21)29-17-22-13-12-20-4-1-2-7-24(20)27-22/h1-13,15H,14,17H2. The van der Waals surface area contributed by atoms with E-state index < -0.39 is 0 Å². The summed E-state index contributed by atoms with van der Waals surface area (Å²) >= 11 is 0. The number of nitrogens with zero attached hydrogens (tertiary/aromatic N) is 2. The van der Waals surface area contributed by atoms with Crippen molar-refractivity contribution < 1.29 is 9.53 Å². The smallest absolute Gasteiger partial charge is 0.167 e. The quantitative estimate of drug-likeness (QED) is 0.437. The minimum absolute atomic E-state index is 0.00369. The Hall–Kier alpha value is -3.97. The fraction of sp³-hybridized carbons (Fsp3) is 0.0800. The summed E-state index contributed by atoms with van der Waals surface area (Å²) in [6.45, 7) is 0.331. The molecule has 3 aromatic carbocycles. The fourth-order valence-electron chi connectivity index (χ4n) is 3.09. The summed E-state index contributed by atoms with van der Waals surface area (Å²) in [6, 6.07) is 28.2. The van der Waals surface area contributed by atoms with Crippen molar-refractivity contribution in [3.8, 4) is 11.8 Å². The average Bonchev–Trinajstić information content (AvgIpc) is 2.78. The largest absolute Gasteiger partial charge is 0.487 e. The molecule has 4 heteroatoms. The second-order valence-corrected chi connectivity index (χ2v) is 6.72. The van der Waals surface area contributed by atoms with Crippen molar-refractivity contribution in [2.75, 3.05) is 0 Å². The molecule has 0 saturated heterocycles. The van der Waals surface area contributed by atoms with Crippen molar-refractivity contribution in [1.82, 2.24) is 4.98 Å². The molecule has 0 amide bonds. The Morgan fingerprint density at radius 2 is 1.76 bits per heavy atom. The maximum atomic E-state index is 12.6. The number of ketones is 1. The van der Waals surface area contributed by atoms with Gasteiger partial charge in [0.1, 0.15) is 12.4 Å². The van der Waals surface area contributed by atoms with Crippen LogP contribution in [-0.4, -0.2) is 10.8 Å². The van der Waals surface area contributed by atoms with Crippen LogP contribution in [-0.2, 0) is 13.0 Å². The number of nitriles is 1. The Morgan fingerprint density at radius 3 is 2.59 bits per heavy atom. The molecule has 140 valence electrons. The topological polar surface area (TPSA) is 63.0 Å². The number of para-hydroxylation sites is 1. The van der Waals surface area contributed by atoms with Crippen molar-refractivity contribution in [3.63, 3.8) is 0 Å². The maximum Gasteiger partial charge on any atom is 0.167 e. The summed E-state index contributed by atoms with van der Waals surface area (Å²) in [5, 5.41) is 9.96. The molecule has 0 atom stereocenters. The summed E-state index contributed by atoms with van der Waals surface area (Å²) in [6.07, 6.45) is 0.279. The number of fused-ring (bicyclic) bond motifs is 1.